The van der Waals surface area contributed by atoms with E-state index in [4.69, 9.17) is 0 Å². The molecule has 3 aromatic carbocycles. The fourth-order valence-electron chi connectivity index (χ4n) is 4.43. The van der Waals surface area contributed by atoms with Crippen LogP contribution in [-0.2, 0) is 17.8 Å². The minimum Gasteiger partial charge on any atom is -0.345 e. The third kappa shape index (κ3) is 4.15. The van der Waals surface area contributed by atoms with Crippen LogP contribution in [0.5, 0.6) is 0 Å². The van der Waals surface area contributed by atoms with Gasteiger partial charge in [-0.3, -0.25) is 9.59 Å². The minimum absolute atomic E-state index is 0.00481. The summed E-state index contributed by atoms with van der Waals surface area (Å²) in [6.07, 6.45) is 3.00. The van der Waals surface area contributed by atoms with Crippen LogP contribution in [0, 0.1) is 5.82 Å². The SMILES string of the molecule is O=C(NC1CCCc2ccccc21)c1ccc2c(c1)N(Cc1ccc(F)cc1)C(=O)CS2. The molecular weight excluding hydrogens is 423 g/mol. The molecule has 162 valence electrons. The Hall–Kier alpha value is -3.12. The largest absolute Gasteiger partial charge is 0.345 e. The zero-order valence-electron chi connectivity index (χ0n) is 17.5. The number of hydrogen-bond donors (Lipinski definition) is 1. The third-order valence-electron chi connectivity index (χ3n) is 6.09. The highest BCUT2D eigenvalue weighted by Crippen LogP contribution is 2.37. The highest BCUT2D eigenvalue weighted by molar-refractivity contribution is 8.00. The van der Waals surface area contributed by atoms with Gasteiger partial charge in [-0.25, -0.2) is 4.39 Å². The van der Waals surface area contributed by atoms with Crippen molar-refractivity contribution in [3.8, 4) is 0 Å². The summed E-state index contributed by atoms with van der Waals surface area (Å²) in [5, 5.41) is 3.19. The van der Waals surface area contributed by atoms with Gasteiger partial charge in [0.25, 0.3) is 5.91 Å². The van der Waals surface area contributed by atoms with Crippen LogP contribution in [0.15, 0.2) is 71.6 Å². The Morgan fingerprint density at radius 2 is 1.91 bits per heavy atom. The maximum Gasteiger partial charge on any atom is 0.251 e. The lowest BCUT2D eigenvalue weighted by atomic mass is 9.87. The minimum atomic E-state index is -0.307. The standard InChI is InChI=1S/C26H23FN2O2S/c27-20-11-8-17(9-12-20)15-29-23-14-19(10-13-24(23)32-16-25(29)30)26(31)28-22-7-3-5-18-4-1-2-6-21(18)22/h1-2,4,6,8-14,22H,3,5,7,15-16H2,(H,28,31). The molecule has 0 aromatic heterocycles. The molecule has 1 heterocycles. The van der Waals surface area contributed by atoms with E-state index in [0.29, 0.717) is 17.9 Å². The van der Waals surface area contributed by atoms with Crippen LogP contribution in [0.1, 0.15) is 45.9 Å². The molecule has 4 nitrogen and oxygen atoms in total. The number of halogens is 1. The lowest BCUT2D eigenvalue weighted by Gasteiger charge is -2.30. The number of hydrogen-bond acceptors (Lipinski definition) is 3. The zero-order valence-corrected chi connectivity index (χ0v) is 18.3. The van der Waals surface area contributed by atoms with Crippen LogP contribution in [0.4, 0.5) is 10.1 Å². The molecule has 0 bridgehead atoms. The van der Waals surface area contributed by atoms with Crippen LogP contribution in [0.2, 0.25) is 0 Å². The predicted octanol–water partition coefficient (Wildman–Crippen LogP) is 5.27. The maximum absolute atomic E-state index is 13.3. The van der Waals surface area contributed by atoms with Gasteiger partial charge in [-0.2, -0.15) is 0 Å². The molecule has 1 aliphatic carbocycles. The first-order valence-electron chi connectivity index (χ1n) is 10.8. The molecule has 1 unspecified atom stereocenters. The topological polar surface area (TPSA) is 49.4 Å². The second-order valence-corrected chi connectivity index (χ2v) is 9.21. The predicted molar refractivity (Wildman–Crippen MR) is 124 cm³/mol. The number of aryl methyl sites for hydroxylation is 1. The number of thioether (sulfide) groups is 1. The number of nitrogens with zero attached hydrogens (tertiary/aromatic N) is 1. The van der Waals surface area contributed by atoms with Crippen LogP contribution in [0.25, 0.3) is 0 Å². The Balaban J connectivity index is 1.40. The van der Waals surface area contributed by atoms with Crippen LogP contribution in [0.3, 0.4) is 0 Å². The first-order valence-corrected chi connectivity index (χ1v) is 11.8. The van der Waals surface area contributed by atoms with E-state index >= 15 is 0 Å². The monoisotopic (exact) mass is 446 g/mol. The number of carbonyl (C=O) groups excluding carboxylic acids is 2. The van der Waals surface area contributed by atoms with Gasteiger partial charge < -0.3 is 10.2 Å². The molecule has 5 rings (SSSR count). The molecule has 6 heteroatoms. The summed E-state index contributed by atoms with van der Waals surface area (Å²) in [6.45, 7) is 0.341. The van der Waals surface area contributed by atoms with Crippen molar-refractivity contribution in [1.82, 2.24) is 5.32 Å². The fourth-order valence-corrected chi connectivity index (χ4v) is 5.35. The van der Waals surface area contributed by atoms with Gasteiger partial charge in [0.05, 0.1) is 24.0 Å². The van der Waals surface area contributed by atoms with E-state index < -0.39 is 0 Å². The highest BCUT2D eigenvalue weighted by atomic mass is 32.2. The first kappa shape index (κ1) is 20.8. The summed E-state index contributed by atoms with van der Waals surface area (Å²) in [4.78, 5) is 28.5. The Kier molecular flexibility index (Phi) is 5.70. The normalized spacial score (nSPS) is 17.5. The van der Waals surface area contributed by atoms with E-state index in [9.17, 15) is 14.0 Å². The molecule has 3 aromatic rings. The number of carbonyl (C=O) groups is 2. The van der Waals surface area contributed by atoms with Crippen LogP contribution < -0.4 is 10.2 Å². The van der Waals surface area contributed by atoms with Gasteiger partial charge in [-0.1, -0.05) is 36.4 Å². The number of nitrogens with one attached hydrogen (secondary N) is 1. The molecule has 1 atom stereocenters. The number of amides is 2. The molecule has 0 saturated carbocycles. The quantitative estimate of drug-likeness (QED) is 0.594. The summed E-state index contributed by atoms with van der Waals surface area (Å²) >= 11 is 1.48. The van der Waals surface area contributed by atoms with Crippen molar-refractivity contribution in [2.45, 2.75) is 36.7 Å². The van der Waals surface area contributed by atoms with Crippen molar-refractivity contribution in [2.24, 2.45) is 0 Å². The van der Waals surface area contributed by atoms with Gasteiger partial charge in [0.15, 0.2) is 0 Å². The van der Waals surface area contributed by atoms with E-state index in [-0.39, 0.29) is 23.7 Å². The molecule has 0 radical (unpaired) electrons. The van der Waals surface area contributed by atoms with Gasteiger partial charge in [-0.05, 0) is 66.3 Å². The molecule has 2 aliphatic rings. The third-order valence-corrected chi connectivity index (χ3v) is 7.14. The summed E-state index contributed by atoms with van der Waals surface area (Å²) in [5.74, 6) is -0.124. The van der Waals surface area contributed by atoms with Crippen molar-refractivity contribution in [3.63, 3.8) is 0 Å². The van der Waals surface area contributed by atoms with Gasteiger partial charge in [0.1, 0.15) is 5.82 Å². The van der Waals surface area contributed by atoms with Crippen molar-refractivity contribution < 1.29 is 14.0 Å². The number of anilines is 1. The summed E-state index contributed by atoms with van der Waals surface area (Å²) in [7, 11) is 0. The lowest BCUT2D eigenvalue weighted by molar-refractivity contribution is -0.116. The second kappa shape index (κ2) is 8.79. The molecule has 1 aliphatic heterocycles. The van der Waals surface area contributed by atoms with E-state index in [1.165, 1.54) is 35.0 Å². The maximum atomic E-state index is 13.3. The van der Waals surface area contributed by atoms with Crippen LogP contribution in [-0.4, -0.2) is 17.6 Å². The average molecular weight is 447 g/mol. The molecule has 0 saturated heterocycles. The second-order valence-electron chi connectivity index (χ2n) is 8.19. The molecule has 32 heavy (non-hydrogen) atoms. The van der Waals surface area contributed by atoms with Gasteiger partial charge in [-0.15, -0.1) is 11.8 Å². The molecular formula is C26H23FN2O2S. The Morgan fingerprint density at radius 3 is 2.75 bits per heavy atom. The van der Waals surface area contributed by atoms with E-state index in [1.54, 1.807) is 23.1 Å². The molecule has 2 amide bonds. The zero-order chi connectivity index (χ0) is 22.1. The molecule has 0 fully saturated rings. The van der Waals surface area contributed by atoms with Gasteiger partial charge in [0.2, 0.25) is 5.91 Å². The first-order chi connectivity index (χ1) is 15.6. The number of rotatable bonds is 4. The smallest absolute Gasteiger partial charge is 0.251 e. The molecule has 1 N–H and O–H groups in total. The van der Waals surface area contributed by atoms with Gasteiger partial charge >= 0.3 is 0 Å². The van der Waals surface area contributed by atoms with E-state index in [0.717, 1.165) is 35.4 Å². The average Bonchev–Trinajstić information content (AvgIpc) is 2.82. The van der Waals surface area contributed by atoms with Crippen molar-refractivity contribution in [1.29, 1.82) is 0 Å². The Labute approximate surface area is 190 Å². The van der Waals surface area contributed by atoms with Crippen molar-refractivity contribution in [2.75, 3.05) is 10.7 Å². The van der Waals surface area contributed by atoms with Gasteiger partial charge in [0, 0.05) is 10.5 Å². The Morgan fingerprint density at radius 1 is 1.09 bits per heavy atom. The van der Waals surface area contributed by atoms with Crippen molar-refractivity contribution in [3.05, 3.63) is 94.8 Å². The summed E-state index contributed by atoms with van der Waals surface area (Å²) in [5.41, 5.74) is 4.58. The van der Waals surface area contributed by atoms with Crippen molar-refractivity contribution >= 4 is 29.3 Å². The summed E-state index contributed by atoms with van der Waals surface area (Å²) in [6, 6.07) is 19.9. The summed E-state index contributed by atoms with van der Waals surface area (Å²) < 4.78 is 13.3. The fraction of sp³-hybridized carbons (Fsp3) is 0.231. The molecule has 0 spiro atoms. The highest BCUT2D eigenvalue weighted by Gasteiger charge is 2.27. The Bertz CT molecular complexity index is 1180. The lowest BCUT2D eigenvalue weighted by Crippen LogP contribution is -2.35. The van der Waals surface area contributed by atoms with E-state index in [2.05, 4.69) is 17.4 Å². The van der Waals surface area contributed by atoms with E-state index in [1.807, 2.05) is 24.3 Å². The van der Waals surface area contributed by atoms with Crippen LogP contribution >= 0.6 is 11.8 Å². The number of benzene rings is 3. The number of fused-ring (bicyclic) bond motifs is 2.